The zero-order valence-electron chi connectivity index (χ0n) is 14.4. The van der Waals surface area contributed by atoms with Gasteiger partial charge in [-0.3, -0.25) is 4.98 Å². The number of aromatic nitrogens is 3. The number of H-pyrrole nitrogens is 1. The van der Waals surface area contributed by atoms with E-state index in [0.29, 0.717) is 0 Å². The lowest BCUT2D eigenvalue weighted by molar-refractivity contribution is 0.584. The molecule has 0 aliphatic heterocycles. The minimum Gasteiger partial charge on any atom is -0.354 e. The fourth-order valence-electron chi connectivity index (χ4n) is 3.33. The monoisotopic (exact) mass is 331 g/mol. The lowest BCUT2D eigenvalue weighted by Crippen LogP contribution is -1.89. The molecule has 1 aromatic carbocycles. The van der Waals surface area contributed by atoms with Crippen LogP contribution in [0.4, 0.5) is 4.39 Å². The highest BCUT2D eigenvalue weighted by molar-refractivity contribution is 5.93. The van der Waals surface area contributed by atoms with Gasteiger partial charge in [-0.2, -0.15) is 4.39 Å². The van der Waals surface area contributed by atoms with Crippen molar-refractivity contribution in [1.29, 1.82) is 0 Å². The van der Waals surface area contributed by atoms with Crippen LogP contribution in [-0.4, -0.2) is 15.0 Å². The largest absolute Gasteiger partial charge is 0.354 e. The molecule has 0 saturated carbocycles. The van der Waals surface area contributed by atoms with Crippen LogP contribution in [0.3, 0.4) is 0 Å². The third kappa shape index (κ3) is 2.80. The predicted molar refractivity (Wildman–Crippen MR) is 98.9 cm³/mol. The smallest absolute Gasteiger partial charge is 0.212 e. The van der Waals surface area contributed by atoms with Gasteiger partial charge in [0.1, 0.15) is 0 Å². The summed E-state index contributed by atoms with van der Waals surface area (Å²) in [5.74, 6) is -0.466. The molecule has 25 heavy (non-hydrogen) atoms. The zero-order chi connectivity index (χ0) is 17.6. The summed E-state index contributed by atoms with van der Waals surface area (Å²) >= 11 is 0. The number of aryl methyl sites for hydroxylation is 3. The Bertz CT molecular complexity index is 1060. The van der Waals surface area contributed by atoms with E-state index in [1.165, 1.54) is 17.0 Å². The van der Waals surface area contributed by atoms with Crippen LogP contribution in [-0.2, 0) is 0 Å². The molecule has 4 aromatic rings. The molecule has 0 aliphatic carbocycles. The molecule has 0 spiro atoms. The van der Waals surface area contributed by atoms with E-state index < -0.39 is 5.95 Å². The Kier molecular flexibility index (Phi) is 3.61. The number of hydrogen-bond donors (Lipinski definition) is 1. The molecule has 0 saturated heterocycles. The highest BCUT2D eigenvalue weighted by Gasteiger charge is 2.12. The average Bonchev–Trinajstić information content (AvgIpc) is 2.91. The number of halogens is 1. The summed E-state index contributed by atoms with van der Waals surface area (Å²) in [6, 6.07) is 13.5. The van der Waals surface area contributed by atoms with Gasteiger partial charge in [0.25, 0.3) is 0 Å². The predicted octanol–water partition coefficient (Wildman–Crippen LogP) is 5.36. The van der Waals surface area contributed by atoms with E-state index in [-0.39, 0.29) is 0 Å². The lowest BCUT2D eigenvalue weighted by atomic mass is 10.0. The van der Waals surface area contributed by atoms with Crippen LogP contribution >= 0.6 is 0 Å². The number of pyridine rings is 2. The molecule has 1 N–H and O–H groups in total. The molecule has 4 heteroatoms. The molecular formula is C21H18FN3. The Labute approximate surface area is 145 Å². The number of nitrogens with zero attached hydrogens (tertiary/aromatic N) is 2. The minimum absolute atomic E-state index is 0.466. The van der Waals surface area contributed by atoms with Crippen molar-refractivity contribution >= 4 is 10.9 Å². The summed E-state index contributed by atoms with van der Waals surface area (Å²) < 4.78 is 13.0. The van der Waals surface area contributed by atoms with Crippen molar-refractivity contribution in [3.05, 3.63) is 71.6 Å². The lowest BCUT2D eigenvalue weighted by Gasteiger charge is -2.04. The van der Waals surface area contributed by atoms with Crippen LogP contribution in [0.15, 0.2) is 48.7 Å². The molecule has 0 fully saturated rings. The molecule has 3 heterocycles. The fraction of sp³-hybridized carbons (Fsp3) is 0.143. The third-order valence-corrected chi connectivity index (χ3v) is 4.49. The van der Waals surface area contributed by atoms with Gasteiger partial charge in [0.2, 0.25) is 5.95 Å². The molecule has 0 atom stereocenters. The van der Waals surface area contributed by atoms with Crippen molar-refractivity contribution in [3.63, 3.8) is 0 Å². The Morgan fingerprint density at radius 3 is 2.24 bits per heavy atom. The van der Waals surface area contributed by atoms with E-state index in [0.717, 1.165) is 39.3 Å². The molecule has 124 valence electrons. The first kappa shape index (κ1) is 15.5. The van der Waals surface area contributed by atoms with Crippen LogP contribution in [0.2, 0.25) is 0 Å². The third-order valence-electron chi connectivity index (χ3n) is 4.49. The molecule has 0 bridgehead atoms. The number of rotatable bonds is 2. The highest BCUT2D eigenvalue weighted by atomic mass is 19.1. The van der Waals surface area contributed by atoms with Gasteiger partial charge in [-0.05, 0) is 62.2 Å². The molecule has 3 aromatic heterocycles. The summed E-state index contributed by atoms with van der Waals surface area (Å²) in [4.78, 5) is 11.7. The molecule has 4 rings (SSSR count). The number of aromatic amines is 1. The van der Waals surface area contributed by atoms with Gasteiger partial charge in [-0.25, -0.2) is 4.98 Å². The topological polar surface area (TPSA) is 41.6 Å². The van der Waals surface area contributed by atoms with E-state index in [2.05, 4.69) is 46.1 Å². The van der Waals surface area contributed by atoms with Crippen LogP contribution < -0.4 is 0 Å². The Morgan fingerprint density at radius 1 is 0.840 bits per heavy atom. The zero-order valence-corrected chi connectivity index (χ0v) is 14.4. The van der Waals surface area contributed by atoms with Crippen molar-refractivity contribution in [2.45, 2.75) is 20.8 Å². The molecule has 0 unspecified atom stereocenters. The Balaban J connectivity index is 1.85. The number of benzene rings is 1. The molecule has 0 radical (unpaired) electrons. The fourth-order valence-corrected chi connectivity index (χ4v) is 3.33. The van der Waals surface area contributed by atoms with Crippen molar-refractivity contribution in [2.24, 2.45) is 0 Å². The Hall–Kier alpha value is -3.01. The van der Waals surface area contributed by atoms with E-state index in [9.17, 15) is 4.39 Å². The van der Waals surface area contributed by atoms with Crippen LogP contribution in [0.1, 0.15) is 17.0 Å². The second-order valence-corrected chi connectivity index (χ2v) is 6.39. The van der Waals surface area contributed by atoms with Crippen LogP contribution in [0, 0.1) is 26.7 Å². The first-order valence-electron chi connectivity index (χ1n) is 8.21. The SMILES string of the molecule is Cc1cc(-c2[nH]c3cc(-c4ccc(F)nc4)ccc3c2C)cc(C)n1. The maximum Gasteiger partial charge on any atom is 0.212 e. The second kappa shape index (κ2) is 5.81. The summed E-state index contributed by atoms with van der Waals surface area (Å²) in [6.45, 7) is 6.14. The molecular weight excluding hydrogens is 313 g/mol. The highest BCUT2D eigenvalue weighted by Crippen LogP contribution is 2.32. The van der Waals surface area contributed by atoms with Gasteiger partial charge >= 0.3 is 0 Å². The van der Waals surface area contributed by atoms with E-state index >= 15 is 0 Å². The Morgan fingerprint density at radius 2 is 1.56 bits per heavy atom. The van der Waals surface area contributed by atoms with Crippen molar-refractivity contribution < 1.29 is 4.39 Å². The maximum atomic E-state index is 13.0. The number of fused-ring (bicyclic) bond motifs is 1. The van der Waals surface area contributed by atoms with Gasteiger partial charge in [-0.15, -0.1) is 0 Å². The van der Waals surface area contributed by atoms with E-state index in [4.69, 9.17) is 0 Å². The summed E-state index contributed by atoms with van der Waals surface area (Å²) in [6.07, 6.45) is 1.56. The van der Waals surface area contributed by atoms with Crippen LogP contribution in [0.5, 0.6) is 0 Å². The van der Waals surface area contributed by atoms with E-state index in [1.54, 1.807) is 12.3 Å². The molecule has 0 aliphatic rings. The summed E-state index contributed by atoms with van der Waals surface area (Å²) in [5, 5.41) is 1.18. The second-order valence-electron chi connectivity index (χ2n) is 6.39. The standard InChI is InChI=1S/C21H18FN3/c1-12-8-17(9-13(2)24-12)21-14(3)18-6-4-15(10-19(18)25-21)16-5-7-20(22)23-11-16/h4-11,25H,1-3H3. The van der Waals surface area contributed by atoms with Crippen molar-refractivity contribution in [3.8, 4) is 22.4 Å². The van der Waals surface area contributed by atoms with Crippen molar-refractivity contribution in [1.82, 2.24) is 15.0 Å². The quantitative estimate of drug-likeness (QED) is 0.503. The van der Waals surface area contributed by atoms with Crippen molar-refractivity contribution in [2.75, 3.05) is 0 Å². The number of nitrogens with one attached hydrogen (secondary N) is 1. The van der Waals surface area contributed by atoms with Gasteiger partial charge in [0.05, 0.1) is 0 Å². The maximum absolute atomic E-state index is 13.0. The van der Waals surface area contributed by atoms with Crippen LogP contribution in [0.25, 0.3) is 33.3 Å². The van der Waals surface area contributed by atoms with Gasteiger partial charge < -0.3 is 4.98 Å². The normalized spacial score (nSPS) is 11.2. The number of hydrogen-bond acceptors (Lipinski definition) is 2. The van der Waals surface area contributed by atoms with Gasteiger partial charge in [0.15, 0.2) is 0 Å². The first-order chi connectivity index (χ1) is 12.0. The minimum atomic E-state index is -0.466. The summed E-state index contributed by atoms with van der Waals surface area (Å²) in [5.41, 5.74) is 8.44. The molecule has 0 amide bonds. The average molecular weight is 331 g/mol. The first-order valence-corrected chi connectivity index (χ1v) is 8.21. The molecule has 3 nitrogen and oxygen atoms in total. The summed E-state index contributed by atoms with van der Waals surface area (Å²) in [7, 11) is 0. The van der Waals surface area contributed by atoms with Gasteiger partial charge in [0, 0.05) is 45.3 Å². The van der Waals surface area contributed by atoms with Gasteiger partial charge in [-0.1, -0.05) is 12.1 Å². The van der Waals surface area contributed by atoms with E-state index in [1.807, 2.05) is 19.9 Å².